The van der Waals surface area contributed by atoms with Gasteiger partial charge in [0.1, 0.15) is 17.8 Å². The van der Waals surface area contributed by atoms with Crippen molar-refractivity contribution in [3.8, 4) is 6.07 Å². The van der Waals surface area contributed by atoms with Crippen molar-refractivity contribution >= 4 is 17.7 Å². The number of nitriles is 1. The number of rotatable bonds is 5. The quantitative estimate of drug-likeness (QED) is 0.394. The molecule has 7 heteroatoms. The van der Waals surface area contributed by atoms with Crippen LogP contribution in [-0.4, -0.2) is 15.8 Å². The summed E-state index contributed by atoms with van der Waals surface area (Å²) in [5.74, 6) is -0.531. The molecule has 0 unspecified atom stereocenters. The number of aromatic nitrogens is 1. The number of hydrogen-bond donors (Lipinski definition) is 1. The molecule has 1 aromatic carbocycles. The van der Waals surface area contributed by atoms with Crippen LogP contribution in [0.4, 0.5) is 5.69 Å². The number of carbonyl (C=O) groups excluding carboxylic acids is 1. The normalized spacial score (nSPS) is 10.7. The van der Waals surface area contributed by atoms with E-state index in [1.165, 1.54) is 18.2 Å². The number of hydrogen-bond acceptors (Lipinski definition) is 5. The van der Waals surface area contributed by atoms with E-state index in [0.29, 0.717) is 12.2 Å². The van der Waals surface area contributed by atoms with Gasteiger partial charge in [-0.1, -0.05) is 30.3 Å². The molecule has 0 aliphatic heterocycles. The highest BCUT2D eigenvalue weighted by molar-refractivity contribution is 6.01. The highest BCUT2D eigenvalue weighted by Crippen LogP contribution is 2.11. The largest absolute Gasteiger partial charge is 0.347 e. The zero-order valence-corrected chi connectivity index (χ0v) is 12.0. The number of pyridine rings is 1. The Balaban J connectivity index is 2.07. The van der Waals surface area contributed by atoms with Gasteiger partial charge in [-0.05, 0) is 17.7 Å². The summed E-state index contributed by atoms with van der Waals surface area (Å²) in [5.41, 5.74) is 0.921. The average molecular weight is 308 g/mol. The molecular formula is C16H12N4O3. The third-order valence-corrected chi connectivity index (χ3v) is 2.93. The van der Waals surface area contributed by atoms with Crippen molar-refractivity contribution in [1.82, 2.24) is 10.3 Å². The molecule has 2 rings (SSSR count). The monoisotopic (exact) mass is 308 g/mol. The molecule has 2 aromatic rings. The minimum Gasteiger partial charge on any atom is -0.347 e. The summed E-state index contributed by atoms with van der Waals surface area (Å²) in [4.78, 5) is 25.8. The average Bonchev–Trinajstić information content (AvgIpc) is 2.59. The summed E-state index contributed by atoms with van der Waals surface area (Å²) in [5, 5.41) is 22.3. The third kappa shape index (κ3) is 4.47. The Labute approximate surface area is 132 Å². The lowest BCUT2D eigenvalue weighted by Gasteiger charge is -2.04. The van der Waals surface area contributed by atoms with Crippen molar-refractivity contribution in [3.63, 3.8) is 0 Å². The molecule has 1 aromatic heterocycles. The first kappa shape index (κ1) is 15.9. The highest BCUT2D eigenvalue weighted by atomic mass is 16.6. The Hall–Kier alpha value is -3.53. The van der Waals surface area contributed by atoms with Crippen LogP contribution in [0.15, 0.2) is 54.2 Å². The van der Waals surface area contributed by atoms with Crippen molar-refractivity contribution in [1.29, 1.82) is 5.26 Å². The number of carbonyl (C=O) groups is 1. The van der Waals surface area contributed by atoms with E-state index in [2.05, 4.69) is 10.3 Å². The molecule has 1 N–H and O–H groups in total. The Morgan fingerprint density at radius 3 is 2.61 bits per heavy atom. The Morgan fingerprint density at radius 2 is 2.04 bits per heavy atom. The molecule has 0 saturated heterocycles. The van der Waals surface area contributed by atoms with Crippen LogP contribution in [0.1, 0.15) is 11.3 Å². The molecule has 0 aliphatic rings. The first-order chi connectivity index (χ1) is 11.1. The van der Waals surface area contributed by atoms with E-state index >= 15 is 0 Å². The van der Waals surface area contributed by atoms with Gasteiger partial charge < -0.3 is 5.32 Å². The van der Waals surface area contributed by atoms with E-state index in [9.17, 15) is 14.9 Å². The number of nitro groups is 1. The van der Waals surface area contributed by atoms with Crippen LogP contribution < -0.4 is 5.32 Å². The van der Waals surface area contributed by atoms with Crippen molar-refractivity contribution in [2.24, 2.45) is 0 Å². The summed E-state index contributed by atoms with van der Waals surface area (Å²) in [6, 6.07) is 13.7. The van der Waals surface area contributed by atoms with Crippen molar-refractivity contribution in [2.45, 2.75) is 6.54 Å². The van der Waals surface area contributed by atoms with Crippen LogP contribution >= 0.6 is 0 Å². The summed E-state index contributed by atoms with van der Waals surface area (Å²) >= 11 is 0. The predicted molar refractivity (Wildman–Crippen MR) is 82.8 cm³/mol. The van der Waals surface area contributed by atoms with Gasteiger partial charge in [-0.25, -0.2) is 4.98 Å². The maximum Gasteiger partial charge on any atom is 0.287 e. The maximum absolute atomic E-state index is 12.0. The van der Waals surface area contributed by atoms with Gasteiger partial charge in [-0.15, -0.1) is 0 Å². The minimum absolute atomic E-state index is 0.123. The SMILES string of the molecule is N#CC(=Cc1ccc([N+](=O)[O-])cn1)C(=O)NCc1ccccc1. The zero-order chi connectivity index (χ0) is 16.7. The van der Waals surface area contributed by atoms with Crippen LogP contribution in [-0.2, 0) is 11.3 Å². The van der Waals surface area contributed by atoms with Gasteiger partial charge in [0, 0.05) is 12.6 Å². The smallest absolute Gasteiger partial charge is 0.287 e. The second-order valence-electron chi connectivity index (χ2n) is 4.54. The topological polar surface area (TPSA) is 109 Å². The molecule has 0 bridgehead atoms. The molecule has 1 amide bonds. The Bertz CT molecular complexity index is 777. The van der Waals surface area contributed by atoms with E-state index in [4.69, 9.17) is 5.26 Å². The first-order valence-corrected chi connectivity index (χ1v) is 6.64. The van der Waals surface area contributed by atoms with Gasteiger partial charge in [-0.2, -0.15) is 5.26 Å². The Kier molecular flexibility index (Phi) is 5.15. The number of nitrogens with zero attached hydrogens (tertiary/aromatic N) is 3. The van der Waals surface area contributed by atoms with E-state index in [1.54, 1.807) is 6.07 Å². The number of amides is 1. The van der Waals surface area contributed by atoms with Gasteiger partial charge in [0.15, 0.2) is 0 Å². The maximum atomic E-state index is 12.0. The van der Waals surface area contributed by atoms with Crippen LogP contribution in [0.5, 0.6) is 0 Å². The van der Waals surface area contributed by atoms with Crippen LogP contribution in [0.25, 0.3) is 6.08 Å². The summed E-state index contributed by atoms with van der Waals surface area (Å²) in [7, 11) is 0. The highest BCUT2D eigenvalue weighted by Gasteiger charge is 2.10. The lowest BCUT2D eigenvalue weighted by molar-refractivity contribution is -0.385. The standard InChI is InChI=1S/C16H12N4O3/c17-9-13(8-14-6-7-15(11-18-14)20(22)23)16(21)19-10-12-4-2-1-3-5-12/h1-8,11H,10H2,(H,19,21). The molecule has 23 heavy (non-hydrogen) atoms. The van der Waals surface area contributed by atoms with Crippen molar-refractivity contribution in [3.05, 3.63) is 75.6 Å². The number of benzene rings is 1. The molecule has 114 valence electrons. The van der Waals surface area contributed by atoms with Crippen LogP contribution in [0.2, 0.25) is 0 Å². The first-order valence-electron chi connectivity index (χ1n) is 6.64. The van der Waals surface area contributed by atoms with Crippen LogP contribution in [0, 0.1) is 21.4 Å². The van der Waals surface area contributed by atoms with Gasteiger partial charge in [-0.3, -0.25) is 14.9 Å². The number of nitrogens with one attached hydrogen (secondary N) is 1. The lowest BCUT2D eigenvalue weighted by Crippen LogP contribution is -2.23. The fraction of sp³-hybridized carbons (Fsp3) is 0.0625. The van der Waals surface area contributed by atoms with Gasteiger partial charge in [0.05, 0.1) is 10.6 Å². The van der Waals surface area contributed by atoms with E-state index in [1.807, 2.05) is 30.3 Å². The molecule has 1 heterocycles. The van der Waals surface area contributed by atoms with Gasteiger partial charge in [0.2, 0.25) is 0 Å². The zero-order valence-electron chi connectivity index (χ0n) is 12.0. The fourth-order valence-electron chi connectivity index (χ4n) is 1.76. The van der Waals surface area contributed by atoms with Crippen molar-refractivity contribution < 1.29 is 9.72 Å². The second kappa shape index (κ2) is 7.47. The van der Waals surface area contributed by atoms with E-state index in [-0.39, 0.29) is 11.3 Å². The Morgan fingerprint density at radius 1 is 1.30 bits per heavy atom. The molecular weight excluding hydrogens is 296 g/mol. The summed E-state index contributed by atoms with van der Waals surface area (Å²) in [6.45, 7) is 0.298. The van der Waals surface area contributed by atoms with Crippen LogP contribution in [0.3, 0.4) is 0 Å². The van der Waals surface area contributed by atoms with Gasteiger partial charge in [0.25, 0.3) is 11.6 Å². The van der Waals surface area contributed by atoms with E-state index < -0.39 is 10.8 Å². The lowest BCUT2D eigenvalue weighted by atomic mass is 10.2. The predicted octanol–water partition coefficient (Wildman–Crippen LogP) is 2.21. The molecule has 0 atom stereocenters. The third-order valence-electron chi connectivity index (χ3n) is 2.93. The molecule has 0 saturated carbocycles. The van der Waals surface area contributed by atoms with Gasteiger partial charge >= 0.3 is 0 Å². The molecule has 0 spiro atoms. The minimum atomic E-state index is -0.571. The summed E-state index contributed by atoms with van der Waals surface area (Å²) in [6.07, 6.45) is 2.35. The van der Waals surface area contributed by atoms with Crippen molar-refractivity contribution in [2.75, 3.05) is 0 Å². The molecule has 7 nitrogen and oxygen atoms in total. The second-order valence-corrected chi connectivity index (χ2v) is 4.54. The van der Waals surface area contributed by atoms with E-state index in [0.717, 1.165) is 11.8 Å². The summed E-state index contributed by atoms with van der Waals surface area (Å²) < 4.78 is 0. The molecule has 0 aliphatic carbocycles. The molecule has 0 radical (unpaired) electrons. The molecule has 0 fully saturated rings. The fourth-order valence-corrected chi connectivity index (χ4v) is 1.76.